The monoisotopic (exact) mass is 399 g/mol. The van der Waals surface area contributed by atoms with Gasteiger partial charge in [-0.05, 0) is 35.9 Å². The van der Waals surface area contributed by atoms with Crippen LogP contribution < -0.4 is 10.2 Å². The molecule has 1 amide bonds. The van der Waals surface area contributed by atoms with E-state index in [9.17, 15) is 9.59 Å². The number of halogens is 1. The molecule has 5 nitrogen and oxygen atoms in total. The zero-order chi connectivity index (χ0) is 17.7. The molecule has 0 bridgehead atoms. The fourth-order valence-corrected chi connectivity index (χ4v) is 3.60. The standard InChI is InChI=1S/C19H14BrNO4/c1-21-16(10-3-6-12(24-2)7-4-10)15-17(22)13-9-11(20)5-8-14(13)25-18(15)19(21)23/h3-9,16H,1-2H3. The number of amides is 1. The Bertz CT molecular complexity index is 1060. The lowest BCUT2D eigenvalue weighted by molar-refractivity contribution is 0.0771. The fraction of sp³-hybridized carbons (Fsp3) is 0.158. The molecule has 4 rings (SSSR count). The third kappa shape index (κ3) is 2.36. The quantitative estimate of drug-likeness (QED) is 0.658. The van der Waals surface area contributed by atoms with Crippen LogP contribution in [-0.2, 0) is 0 Å². The Hall–Kier alpha value is -2.60. The maximum atomic E-state index is 13.1. The molecule has 2 heterocycles. The van der Waals surface area contributed by atoms with E-state index in [0.717, 1.165) is 10.0 Å². The predicted molar refractivity (Wildman–Crippen MR) is 97.1 cm³/mol. The third-order valence-corrected chi connectivity index (χ3v) is 4.99. The molecule has 0 N–H and O–H groups in total. The minimum absolute atomic E-state index is 0.114. The molecular weight excluding hydrogens is 386 g/mol. The van der Waals surface area contributed by atoms with Gasteiger partial charge < -0.3 is 14.1 Å². The van der Waals surface area contributed by atoms with E-state index in [0.29, 0.717) is 22.3 Å². The van der Waals surface area contributed by atoms with Crippen LogP contribution in [-0.4, -0.2) is 25.0 Å². The molecule has 1 aromatic heterocycles. The van der Waals surface area contributed by atoms with E-state index in [1.54, 1.807) is 32.4 Å². The molecule has 3 aromatic rings. The summed E-state index contributed by atoms with van der Waals surface area (Å²) < 4.78 is 11.7. The topological polar surface area (TPSA) is 59.8 Å². The Morgan fingerprint density at radius 3 is 2.52 bits per heavy atom. The van der Waals surface area contributed by atoms with Gasteiger partial charge in [0.25, 0.3) is 5.91 Å². The molecule has 0 saturated carbocycles. The summed E-state index contributed by atoms with van der Waals surface area (Å²) in [5.74, 6) is 0.534. The molecule has 25 heavy (non-hydrogen) atoms. The summed E-state index contributed by atoms with van der Waals surface area (Å²) in [4.78, 5) is 27.2. The molecule has 1 atom stereocenters. The maximum Gasteiger partial charge on any atom is 0.290 e. The lowest BCUT2D eigenvalue weighted by Gasteiger charge is -2.20. The second-order valence-electron chi connectivity index (χ2n) is 5.91. The zero-order valence-corrected chi connectivity index (χ0v) is 15.2. The summed E-state index contributed by atoms with van der Waals surface area (Å²) >= 11 is 3.38. The van der Waals surface area contributed by atoms with Gasteiger partial charge in [-0.2, -0.15) is 0 Å². The van der Waals surface area contributed by atoms with Gasteiger partial charge in [-0.1, -0.05) is 28.1 Å². The van der Waals surface area contributed by atoms with Crippen LogP contribution in [0.3, 0.4) is 0 Å². The largest absolute Gasteiger partial charge is 0.497 e. The van der Waals surface area contributed by atoms with Crippen LogP contribution in [0.15, 0.2) is 56.1 Å². The molecule has 0 aliphatic carbocycles. The van der Waals surface area contributed by atoms with Gasteiger partial charge in [0.2, 0.25) is 5.76 Å². The zero-order valence-electron chi connectivity index (χ0n) is 13.6. The second-order valence-corrected chi connectivity index (χ2v) is 6.82. The van der Waals surface area contributed by atoms with E-state index >= 15 is 0 Å². The number of hydrogen-bond donors (Lipinski definition) is 0. The van der Waals surface area contributed by atoms with Crippen LogP contribution in [0.25, 0.3) is 11.0 Å². The van der Waals surface area contributed by atoms with Crippen molar-refractivity contribution in [2.75, 3.05) is 14.2 Å². The maximum absolute atomic E-state index is 13.1. The number of carbonyl (C=O) groups is 1. The van der Waals surface area contributed by atoms with E-state index in [2.05, 4.69) is 15.9 Å². The first kappa shape index (κ1) is 15.9. The molecule has 1 aliphatic rings. The van der Waals surface area contributed by atoms with Crippen molar-refractivity contribution in [2.24, 2.45) is 0 Å². The molecular formula is C19H14BrNO4. The highest BCUT2D eigenvalue weighted by molar-refractivity contribution is 9.10. The summed E-state index contributed by atoms with van der Waals surface area (Å²) in [7, 11) is 3.26. The number of benzene rings is 2. The van der Waals surface area contributed by atoms with Gasteiger partial charge in [-0.25, -0.2) is 0 Å². The minimum atomic E-state index is -0.479. The second kappa shape index (κ2) is 5.74. The Morgan fingerprint density at radius 1 is 1.12 bits per heavy atom. The van der Waals surface area contributed by atoms with Crippen LogP contribution in [0, 0.1) is 0 Å². The number of ether oxygens (including phenoxy) is 1. The van der Waals surface area contributed by atoms with Gasteiger partial charge in [0.05, 0.1) is 24.1 Å². The summed E-state index contributed by atoms with van der Waals surface area (Å²) in [6.07, 6.45) is 0. The van der Waals surface area contributed by atoms with Crippen LogP contribution in [0.4, 0.5) is 0 Å². The molecule has 6 heteroatoms. The minimum Gasteiger partial charge on any atom is -0.497 e. The van der Waals surface area contributed by atoms with Crippen molar-refractivity contribution < 1.29 is 13.9 Å². The number of carbonyl (C=O) groups excluding carboxylic acids is 1. The highest BCUT2D eigenvalue weighted by Gasteiger charge is 2.40. The third-order valence-electron chi connectivity index (χ3n) is 4.49. The highest BCUT2D eigenvalue weighted by atomic mass is 79.9. The average Bonchev–Trinajstić information content (AvgIpc) is 2.88. The Balaban J connectivity index is 1.98. The number of fused-ring (bicyclic) bond motifs is 2. The van der Waals surface area contributed by atoms with Crippen LogP contribution in [0.1, 0.15) is 27.7 Å². The van der Waals surface area contributed by atoms with Crippen molar-refractivity contribution in [1.82, 2.24) is 4.90 Å². The molecule has 1 aliphatic heterocycles. The Morgan fingerprint density at radius 2 is 1.84 bits per heavy atom. The van der Waals surface area contributed by atoms with E-state index < -0.39 is 6.04 Å². The van der Waals surface area contributed by atoms with Gasteiger partial charge in [-0.15, -0.1) is 0 Å². The first-order valence-corrected chi connectivity index (χ1v) is 8.48. The Labute approximate surface area is 151 Å². The van der Waals surface area contributed by atoms with Gasteiger partial charge in [0.1, 0.15) is 11.3 Å². The highest BCUT2D eigenvalue weighted by Crippen LogP contribution is 2.37. The molecule has 0 saturated heterocycles. The van der Waals surface area contributed by atoms with Gasteiger partial charge in [-0.3, -0.25) is 9.59 Å². The van der Waals surface area contributed by atoms with Crippen LogP contribution in [0.5, 0.6) is 5.75 Å². The average molecular weight is 400 g/mol. The van der Waals surface area contributed by atoms with E-state index in [1.807, 2.05) is 24.3 Å². The first-order valence-electron chi connectivity index (χ1n) is 7.68. The van der Waals surface area contributed by atoms with Crippen molar-refractivity contribution in [1.29, 1.82) is 0 Å². The van der Waals surface area contributed by atoms with Crippen molar-refractivity contribution in [3.8, 4) is 5.75 Å². The summed E-state index contributed by atoms with van der Waals surface area (Å²) in [6.45, 7) is 0. The fourth-order valence-electron chi connectivity index (χ4n) is 3.24. The van der Waals surface area contributed by atoms with E-state index in [-0.39, 0.29) is 17.1 Å². The molecule has 1 unspecified atom stereocenters. The first-order chi connectivity index (χ1) is 12.0. The predicted octanol–water partition coefficient (Wildman–Crippen LogP) is 3.74. The van der Waals surface area contributed by atoms with Gasteiger partial charge >= 0.3 is 0 Å². The normalized spacial score (nSPS) is 16.4. The van der Waals surface area contributed by atoms with Gasteiger partial charge in [0, 0.05) is 11.5 Å². The van der Waals surface area contributed by atoms with Crippen LogP contribution in [0.2, 0.25) is 0 Å². The van der Waals surface area contributed by atoms with E-state index in [4.69, 9.17) is 9.15 Å². The van der Waals surface area contributed by atoms with Crippen LogP contribution >= 0.6 is 15.9 Å². The smallest absolute Gasteiger partial charge is 0.290 e. The lowest BCUT2D eigenvalue weighted by Crippen LogP contribution is -2.25. The van der Waals surface area contributed by atoms with Crippen molar-refractivity contribution in [3.05, 3.63) is 74.0 Å². The number of hydrogen-bond acceptors (Lipinski definition) is 4. The molecule has 0 spiro atoms. The summed E-state index contributed by atoms with van der Waals surface area (Å²) in [5, 5.41) is 0.453. The number of rotatable bonds is 2. The molecule has 0 radical (unpaired) electrons. The van der Waals surface area contributed by atoms with Crippen molar-refractivity contribution in [2.45, 2.75) is 6.04 Å². The van der Waals surface area contributed by atoms with Gasteiger partial charge in [0.15, 0.2) is 5.43 Å². The van der Waals surface area contributed by atoms with Crippen molar-refractivity contribution in [3.63, 3.8) is 0 Å². The summed E-state index contributed by atoms with van der Waals surface area (Å²) in [6, 6.07) is 12.0. The summed E-state index contributed by atoms with van der Waals surface area (Å²) in [5.41, 5.74) is 1.43. The lowest BCUT2D eigenvalue weighted by atomic mass is 9.99. The molecule has 0 fully saturated rings. The van der Waals surface area contributed by atoms with Crippen molar-refractivity contribution >= 4 is 32.8 Å². The molecule has 2 aromatic carbocycles. The van der Waals surface area contributed by atoms with E-state index in [1.165, 1.54) is 4.90 Å². The number of methoxy groups -OCH3 is 1. The Kier molecular flexibility index (Phi) is 3.65. The SMILES string of the molecule is COc1ccc(C2c3c(oc4ccc(Br)cc4c3=O)C(=O)N2C)cc1. The number of nitrogens with zero attached hydrogens (tertiary/aromatic N) is 1. The molecule has 126 valence electrons.